The zero-order valence-electron chi connectivity index (χ0n) is 13.0. The zero-order chi connectivity index (χ0) is 15.9. The van der Waals surface area contributed by atoms with E-state index in [0.29, 0.717) is 0 Å². The van der Waals surface area contributed by atoms with Gasteiger partial charge in [-0.3, -0.25) is 4.79 Å². The molecule has 0 saturated heterocycles. The van der Waals surface area contributed by atoms with E-state index in [1.165, 1.54) is 4.88 Å². The van der Waals surface area contributed by atoms with Crippen LogP contribution in [0.25, 0.3) is 10.2 Å². The molecule has 1 saturated carbocycles. The molecule has 0 radical (unpaired) electrons. The van der Waals surface area contributed by atoms with Crippen LogP contribution in [-0.2, 0) is 10.2 Å². The topological polar surface area (TPSA) is 42.0 Å². The highest BCUT2D eigenvalue weighted by Crippen LogP contribution is 2.44. The van der Waals surface area contributed by atoms with E-state index in [1.54, 1.807) is 22.7 Å². The van der Waals surface area contributed by atoms with Gasteiger partial charge in [-0.1, -0.05) is 18.9 Å². The predicted octanol–water partition coefficient (Wildman–Crippen LogP) is 5.12. The number of hydrogen-bond donors (Lipinski definition) is 1. The molecule has 118 valence electrons. The van der Waals surface area contributed by atoms with E-state index in [0.717, 1.165) is 46.6 Å². The second kappa shape index (κ2) is 5.73. The number of fused-ring (bicyclic) bond motifs is 1. The van der Waals surface area contributed by atoms with Crippen molar-refractivity contribution in [2.24, 2.45) is 0 Å². The van der Waals surface area contributed by atoms with E-state index in [-0.39, 0.29) is 11.3 Å². The van der Waals surface area contributed by atoms with Crippen LogP contribution in [0.15, 0.2) is 35.7 Å². The van der Waals surface area contributed by atoms with Gasteiger partial charge in [-0.2, -0.15) is 0 Å². The van der Waals surface area contributed by atoms with Crippen LogP contribution in [0.1, 0.15) is 35.6 Å². The van der Waals surface area contributed by atoms with Crippen molar-refractivity contribution >= 4 is 44.5 Å². The van der Waals surface area contributed by atoms with Crippen molar-refractivity contribution in [3.8, 4) is 0 Å². The molecule has 0 aliphatic heterocycles. The molecule has 3 aromatic rings. The van der Waals surface area contributed by atoms with E-state index < -0.39 is 0 Å². The van der Waals surface area contributed by atoms with Crippen LogP contribution in [0.4, 0.5) is 5.69 Å². The Labute approximate surface area is 143 Å². The Hall–Kier alpha value is -1.72. The Morgan fingerprint density at radius 3 is 2.83 bits per heavy atom. The maximum absolute atomic E-state index is 13.1. The monoisotopic (exact) mass is 342 g/mol. The van der Waals surface area contributed by atoms with Crippen molar-refractivity contribution in [3.05, 3.63) is 45.6 Å². The summed E-state index contributed by atoms with van der Waals surface area (Å²) in [5.74, 6) is 0.128. The van der Waals surface area contributed by atoms with Crippen molar-refractivity contribution in [2.75, 3.05) is 5.32 Å². The molecular weight excluding hydrogens is 324 g/mol. The number of thiophene rings is 1. The number of rotatable bonds is 3. The first-order valence-corrected chi connectivity index (χ1v) is 9.60. The fourth-order valence-corrected chi connectivity index (χ4v) is 5.28. The maximum Gasteiger partial charge on any atom is 0.235 e. The molecule has 0 bridgehead atoms. The molecule has 1 aliphatic rings. The average molecular weight is 342 g/mol. The van der Waals surface area contributed by atoms with Gasteiger partial charge in [-0.15, -0.1) is 22.7 Å². The number of nitrogens with zero attached hydrogens (tertiary/aromatic N) is 1. The Bertz CT molecular complexity index is 845. The van der Waals surface area contributed by atoms with E-state index in [1.807, 2.05) is 31.2 Å². The average Bonchev–Trinajstić information content (AvgIpc) is 3.26. The number of anilines is 1. The number of benzene rings is 1. The summed E-state index contributed by atoms with van der Waals surface area (Å²) in [6.45, 7) is 2.01. The highest BCUT2D eigenvalue weighted by atomic mass is 32.1. The van der Waals surface area contributed by atoms with Gasteiger partial charge in [-0.25, -0.2) is 4.98 Å². The lowest BCUT2D eigenvalue weighted by atomic mass is 9.83. The third-order valence-corrected chi connectivity index (χ3v) is 6.66. The van der Waals surface area contributed by atoms with Crippen molar-refractivity contribution in [1.29, 1.82) is 0 Å². The van der Waals surface area contributed by atoms with Crippen molar-refractivity contribution in [1.82, 2.24) is 4.98 Å². The normalized spacial score (nSPS) is 16.7. The number of nitrogens with one attached hydrogen (secondary N) is 1. The molecule has 1 aliphatic carbocycles. The first-order valence-electron chi connectivity index (χ1n) is 7.90. The van der Waals surface area contributed by atoms with Crippen molar-refractivity contribution in [2.45, 2.75) is 38.0 Å². The molecule has 1 N–H and O–H groups in total. The minimum atomic E-state index is -0.346. The summed E-state index contributed by atoms with van der Waals surface area (Å²) in [5, 5.41) is 6.26. The van der Waals surface area contributed by atoms with Crippen LogP contribution >= 0.6 is 22.7 Å². The first-order chi connectivity index (χ1) is 11.2. The summed E-state index contributed by atoms with van der Waals surface area (Å²) in [6.07, 6.45) is 4.13. The predicted molar refractivity (Wildman–Crippen MR) is 97.5 cm³/mol. The lowest BCUT2D eigenvalue weighted by Gasteiger charge is -2.26. The van der Waals surface area contributed by atoms with Crippen LogP contribution in [0, 0.1) is 6.92 Å². The Kier molecular flexibility index (Phi) is 3.70. The molecule has 0 unspecified atom stereocenters. The van der Waals surface area contributed by atoms with Gasteiger partial charge in [-0.05, 0) is 49.4 Å². The van der Waals surface area contributed by atoms with Crippen LogP contribution < -0.4 is 5.32 Å². The number of thiazole rings is 1. The van der Waals surface area contributed by atoms with Gasteiger partial charge in [0.15, 0.2) is 0 Å². The summed E-state index contributed by atoms with van der Waals surface area (Å²) in [6, 6.07) is 10.1. The number of carbonyl (C=O) groups excluding carboxylic acids is 1. The van der Waals surface area contributed by atoms with Crippen LogP contribution in [0.2, 0.25) is 0 Å². The zero-order valence-corrected chi connectivity index (χ0v) is 14.6. The lowest BCUT2D eigenvalue weighted by Crippen LogP contribution is -2.37. The molecule has 0 spiro atoms. The van der Waals surface area contributed by atoms with Gasteiger partial charge in [0.25, 0.3) is 0 Å². The molecule has 1 aromatic carbocycles. The summed E-state index contributed by atoms with van der Waals surface area (Å²) in [5.41, 5.74) is 1.46. The highest BCUT2D eigenvalue weighted by Gasteiger charge is 2.43. The van der Waals surface area contributed by atoms with Gasteiger partial charge in [0, 0.05) is 10.6 Å². The van der Waals surface area contributed by atoms with Gasteiger partial charge < -0.3 is 5.32 Å². The largest absolute Gasteiger partial charge is 0.325 e. The van der Waals surface area contributed by atoms with E-state index in [4.69, 9.17) is 0 Å². The fraction of sp³-hybridized carbons (Fsp3) is 0.333. The Morgan fingerprint density at radius 2 is 2.09 bits per heavy atom. The molecule has 2 heterocycles. The first kappa shape index (κ1) is 14.8. The molecule has 3 nitrogen and oxygen atoms in total. The molecular formula is C18H18N2OS2. The highest BCUT2D eigenvalue weighted by molar-refractivity contribution is 7.18. The Morgan fingerprint density at radius 1 is 1.26 bits per heavy atom. The molecule has 5 heteroatoms. The van der Waals surface area contributed by atoms with E-state index in [9.17, 15) is 4.79 Å². The molecule has 1 fully saturated rings. The lowest BCUT2D eigenvalue weighted by molar-refractivity contribution is -0.121. The van der Waals surface area contributed by atoms with Crippen molar-refractivity contribution in [3.63, 3.8) is 0 Å². The minimum absolute atomic E-state index is 0.128. The molecule has 23 heavy (non-hydrogen) atoms. The summed E-state index contributed by atoms with van der Waals surface area (Å²) in [7, 11) is 0. The second-order valence-corrected chi connectivity index (χ2v) is 8.32. The number of amides is 1. The number of aryl methyl sites for hydroxylation is 1. The fourth-order valence-electron chi connectivity index (χ4n) is 3.49. The third-order valence-electron chi connectivity index (χ3n) is 4.64. The number of carbonyl (C=O) groups is 1. The number of aromatic nitrogens is 1. The maximum atomic E-state index is 13.1. The minimum Gasteiger partial charge on any atom is -0.325 e. The standard InChI is InChI=1S/C18H18N2OS2/c1-12-19-14-11-13(6-7-15(14)23-12)20-17(21)18(8-2-3-9-18)16-5-4-10-22-16/h4-7,10-11H,2-3,8-9H2,1H3,(H,20,21). The third kappa shape index (κ3) is 2.58. The van der Waals surface area contributed by atoms with Crippen LogP contribution in [0.3, 0.4) is 0 Å². The van der Waals surface area contributed by atoms with Crippen molar-refractivity contribution < 1.29 is 4.79 Å². The molecule has 2 aromatic heterocycles. The summed E-state index contributed by atoms with van der Waals surface area (Å²) in [4.78, 5) is 18.8. The number of hydrogen-bond acceptors (Lipinski definition) is 4. The van der Waals surface area contributed by atoms with Gasteiger partial charge in [0.05, 0.1) is 20.6 Å². The quantitative estimate of drug-likeness (QED) is 0.718. The second-order valence-electron chi connectivity index (χ2n) is 6.14. The smallest absolute Gasteiger partial charge is 0.235 e. The van der Waals surface area contributed by atoms with Gasteiger partial charge >= 0.3 is 0 Å². The van der Waals surface area contributed by atoms with E-state index >= 15 is 0 Å². The van der Waals surface area contributed by atoms with Crippen LogP contribution in [-0.4, -0.2) is 10.9 Å². The SMILES string of the molecule is Cc1nc2cc(NC(=O)C3(c4cccs4)CCCC3)ccc2s1. The van der Waals surface area contributed by atoms with Gasteiger partial charge in [0.2, 0.25) is 5.91 Å². The molecule has 1 amide bonds. The van der Waals surface area contributed by atoms with E-state index in [2.05, 4.69) is 21.7 Å². The van der Waals surface area contributed by atoms with Crippen LogP contribution in [0.5, 0.6) is 0 Å². The molecule has 4 rings (SSSR count). The Balaban J connectivity index is 1.64. The van der Waals surface area contributed by atoms with Gasteiger partial charge in [0.1, 0.15) is 0 Å². The summed E-state index contributed by atoms with van der Waals surface area (Å²) < 4.78 is 1.16. The molecule has 0 atom stereocenters. The summed E-state index contributed by atoms with van der Waals surface area (Å²) >= 11 is 3.37.